The monoisotopic (exact) mass is 616 g/mol. The Morgan fingerprint density at radius 2 is 1.43 bits per heavy atom. The quantitative estimate of drug-likeness (QED) is 0.206. The first-order valence-electron chi connectivity index (χ1n) is 13.6. The van der Waals surface area contributed by atoms with Gasteiger partial charge in [-0.15, -0.1) is 0 Å². The minimum Gasteiger partial charge on any atom is -0.487 e. The van der Waals surface area contributed by atoms with Gasteiger partial charge in [-0.3, -0.25) is 15.0 Å². The highest BCUT2D eigenvalue weighted by Crippen LogP contribution is 2.34. The molecule has 0 radical (unpaired) electrons. The number of ether oxygens (including phenoxy) is 1. The third-order valence-corrected chi connectivity index (χ3v) is 7.64. The second kappa shape index (κ2) is 13.4. The molecule has 0 atom stereocenters. The van der Waals surface area contributed by atoms with Crippen molar-refractivity contribution in [3.63, 3.8) is 0 Å². The van der Waals surface area contributed by atoms with Crippen LogP contribution in [0.25, 0.3) is 21.8 Å². The first-order chi connectivity index (χ1) is 21.3. The van der Waals surface area contributed by atoms with Crippen molar-refractivity contribution >= 4 is 56.4 Å². The average Bonchev–Trinajstić information content (AvgIpc) is 3.03. The summed E-state index contributed by atoms with van der Waals surface area (Å²) in [5, 5.41) is 24.3. The van der Waals surface area contributed by atoms with Gasteiger partial charge in [0.05, 0.1) is 49.3 Å². The third-order valence-electron chi connectivity index (χ3n) is 6.92. The highest BCUT2D eigenvalue weighted by molar-refractivity contribution is 6.36. The molecule has 6 rings (SSSR count). The van der Waals surface area contributed by atoms with E-state index in [0.29, 0.717) is 44.9 Å². The minimum atomic E-state index is 0.364. The van der Waals surface area contributed by atoms with E-state index in [9.17, 15) is 5.26 Å². The van der Waals surface area contributed by atoms with Gasteiger partial charge in [0.1, 0.15) is 24.5 Å². The number of nitrogens with zero attached hydrogens (tertiary/aromatic N) is 5. The zero-order valence-electron chi connectivity index (χ0n) is 24.2. The molecule has 0 fully saturated rings. The van der Waals surface area contributed by atoms with Crippen molar-refractivity contribution in [2.75, 3.05) is 5.32 Å². The van der Waals surface area contributed by atoms with Gasteiger partial charge < -0.3 is 10.1 Å². The molecule has 0 bridgehead atoms. The lowest BCUT2D eigenvalue weighted by molar-refractivity contribution is 0.300. The molecule has 3 aromatic heterocycles. The Morgan fingerprint density at radius 1 is 0.773 bits per heavy atom. The number of aromatic nitrogens is 3. The number of benzene rings is 3. The molecule has 0 unspecified atom stereocenters. The second-order valence-corrected chi connectivity index (χ2v) is 10.9. The molecule has 0 saturated heterocycles. The first-order valence-corrected chi connectivity index (χ1v) is 14.4. The maximum Gasteiger partial charge on any atom is 0.130 e. The zero-order chi connectivity index (χ0) is 31.2. The maximum absolute atomic E-state index is 9.55. The van der Waals surface area contributed by atoms with E-state index in [1.807, 2.05) is 87.5 Å². The first kappa shape index (κ1) is 30.3. The lowest BCUT2D eigenvalue weighted by Gasteiger charge is -2.14. The third kappa shape index (κ3) is 6.71. The summed E-state index contributed by atoms with van der Waals surface area (Å²) in [6, 6.07) is 25.3. The lowest BCUT2D eigenvalue weighted by Crippen LogP contribution is -2.01. The Kier molecular flexibility index (Phi) is 9.21. The van der Waals surface area contributed by atoms with Crippen LogP contribution in [0, 0.1) is 43.4 Å². The van der Waals surface area contributed by atoms with Crippen LogP contribution in [0.5, 0.6) is 5.75 Å². The summed E-state index contributed by atoms with van der Waals surface area (Å²) in [6.07, 6.45) is 4.82. The number of nitriles is 2. The van der Waals surface area contributed by atoms with E-state index in [0.717, 1.165) is 44.2 Å². The van der Waals surface area contributed by atoms with Gasteiger partial charge >= 0.3 is 0 Å². The Hall–Kier alpha value is -5.21. The van der Waals surface area contributed by atoms with Crippen LogP contribution >= 0.6 is 23.2 Å². The van der Waals surface area contributed by atoms with Crippen molar-refractivity contribution in [2.45, 2.75) is 27.4 Å². The van der Waals surface area contributed by atoms with Crippen molar-refractivity contribution in [1.29, 1.82) is 10.5 Å². The van der Waals surface area contributed by atoms with Gasteiger partial charge in [0.25, 0.3) is 0 Å². The van der Waals surface area contributed by atoms with E-state index in [2.05, 4.69) is 26.3 Å². The number of aryl methyl sites for hydroxylation is 3. The number of rotatable bonds is 5. The number of nitrogens with one attached hydrogen (secondary N) is 1. The summed E-state index contributed by atoms with van der Waals surface area (Å²) in [6.45, 7) is 6.35. The van der Waals surface area contributed by atoms with Crippen LogP contribution in [-0.2, 0) is 6.61 Å². The van der Waals surface area contributed by atoms with Crippen LogP contribution in [0.15, 0.2) is 85.3 Å². The molecule has 9 heteroatoms. The molecule has 0 aliphatic carbocycles. The largest absolute Gasteiger partial charge is 0.487 e. The normalized spacial score (nSPS) is 10.4. The molecule has 3 aromatic carbocycles. The Morgan fingerprint density at radius 3 is 2.09 bits per heavy atom. The zero-order valence-corrected chi connectivity index (χ0v) is 25.7. The van der Waals surface area contributed by atoms with E-state index in [-0.39, 0.29) is 0 Å². The molecule has 0 aliphatic rings. The van der Waals surface area contributed by atoms with Crippen LogP contribution in [0.1, 0.15) is 33.5 Å². The lowest BCUT2D eigenvalue weighted by atomic mass is 10.1. The Balaban J connectivity index is 0.000000229. The molecular weight excluding hydrogens is 591 g/mol. The average molecular weight is 618 g/mol. The number of hydrogen-bond donors (Lipinski definition) is 1. The maximum atomic E-state index is 9.55. The van der Waals surface area contributed by atoms with Gasteiger partial charge in [-0.25, -0.2) is 0 Å². The van der Waals surface area contributed by atoms with Crippen molar-refractivity contribution in [3.8, 4) is 17.9 Å². The van der Waals surface area contributed by atoms with E-state index < -0.39 is 0 Å². The Labute approximate surface area is 265 Å². The van der Waals surface area contributed by atoms with E-state index in [1.165, 1.54) is 6.20 Å². The smallest absolute Gasteiger partial charge is 0.130 e. The fourth-order valence-corrected chi connectivity index (χ4v) is 4.98. The molecule has 44 heavy (non-hydrogen) atoms. The van der Waals surface area contributed by atoms with Crippen molar-refractivity contribution in [3.05, 3.63) is 129 Å². The fourth-order valence-electron chi connectivity index (χ4n) is 4.52. The number of anilines is 2. The highest BCUT2D eigenvalue weighted by Gasteiger charge is 2.12. The molecule has 0 saturated carbocycles. The summed E-state index contributed by atoms with van der Waals surface area (Å²) < 4.78 is 5.85. The predicted octanol–water partition coefficient (Wildman–Crippen LogP) is 9.16. The van der Waals surface area contributed by atoms with Crippen LogP contribution < -0.4 is 10.1 Å². The van der Waals surface area contributed by atoms with E-state index in [1.54, 1.807) is 18.5 Å². The SMILES string of the molecule is Cc1ccc2ncc(C#N)c(Cl)c2c1.Cc1ccc2ncc(C#N)c(Nc3ccc(OCc4ncccc4C)cc3Cl)c2c1. The van der Waals surface area contributed by atoms with Crippen LogP contribution in [0.2, 0.25) is 10.0 Å². The predicted molar refractivity (Wildman–Crippen MR) is 175 cm³/mol. The minimum absolute atomic E-state index is 0.364. The molecule has 6 aromatic rings. The van der Waals surface area contributed by atoms with Crippen molar-refractivity contribution in [2.24, 2.45) is 0 Å². The molecule has 0 amide bonds. The number of halogens is 2. The fraction of sp³-hybridized carbons (Fsp3) is 0.114. The summed E-state index contributed by atoms with van der Waals surface area (Å²) >= 11 is 12.6. The standard InChI is InChI=1S/C24H19ClN4O.C11H7ClN2/c1-15-5-7-21-19(10-15)24(17(12-26)13-28-21)29-22-8-6-18(11-20(22)25)30-14-23-16(2)4-3-9-27-23;1-7-2-3-10-9(4-7)11(12)8(5-13)6-14-10/h3-11,13H,14H2,1-2H3,(H,28,29);2-4,6H,1H3. The molecular formula is C35H26Cl2N6O. The van der Waals surface area contributed by atoms with Gasteiger partial charge in [0.2, 0.25) is 0 Å². The van der Waals surface area contributed by atoms with Crippen LogP contribution in [0.3, 0.4) is 0 Å². The molecule has 3 heterocycles. The van der Waals surface area contributed by atoms with Crippen molar-refractivity contribution in [1.82, 2.24) is 15.0 Å². The van der Waals surface area contributed by atoms with Crippen LogP contribution in [-0.4, -0.2) is 15.0 Å². The summed E-state index contributed by atoms with van der Waals surface area (Å²) in [5.74, 6) is 0.645. The number of hydrogen-bond acceptors (Lipinski definition) is 7. The molecule has 1 N–H and O–H groups in total. The number of fused-ring (bicyclic) bond motifs is 2. The van der Waals surface area contributed by atoms with Gasteiger partial charge in [0.15, 0.2) is 0 Å². The Bertz CT molecular complexity index is 2100. The molecule has 0 spiro atoms. The van der Waals surface area contributed by atoms with Gasteiger partial charge in [-0.05, 0) is 68.8 Å². The summed E-state index contributed by atoms with van der Waals surface area (Å²) in [7, 11) is 0. The van der Waals surface area contributed by atoms with E-state index in [4.69, 9.17) is 33.2 Å². The van der Waals surface area contributed by atoms with Gasteiger partial charge in [-0.2, -0.15) is 10.5 Å². The van der Waals surface area contributed by atoms with Gasteiger partial charge in [0, 0.05) is 35.4 Å². The highest BCUT2D eigenvalue weighted by atomic mass is 35.5. The van der Waals surface area contributed by atoms with Crippen LogP contribution in [0.4, 0.5) is 11.4 Å². The molecule has 0 aliphatic heterocycles. The van der Waals surface area contributed by atoms with Crippen molar-refractivity contribution < 1.29 is 4.74 Å². The second-order valence-electron chi connectivity index (χ2n) is 10.1. The van der Waals surface area contributed by atoms with E-state index >= 15 is 0 Å². The molecule has 7 nitrogen and oxygen atoms in total. The number of pyridine rings is 3. The summed E-state index contributed by atoms with van der Waals surface area (Å²) in [5.41, 5.74) is 8.02. The summed E-state index contributed by atoms with van der Waals surface area (Å²) in [4.78, 5) is 12.9. The topological polar surface area (TPSA) is 108 Å². The van der Waals surface area contributed by atoms with Gasteiger partial charge in [-0.1, -0.05) is 52.5 Å². The molecule has 216 valence electrons.